The van der Waals surface area contributed by atoms with Crippen LogP contribution in [-0.2, 0) is 0 Å². The maximum atomic E-state index is 13.2. The lowest BCUT2D eigenvalue weighted by atomic mass is 9.68. The lowest BCUT2D eigenvalue weighted by Gasteiger charge is -2.43. The number of carbonyl (C=O) groups is 1. The summed E-state index contributed by atoms with van der Waals surface area (Å²) in [6.45, 7) is 0. The van der Waals surface area contributed by atoms with E-state index in [4.69, 9.17) is 9.47 Å². The van der Waals surface area contributed by atoms with Gasteiger partial charge in [0.2, 0.25) is 0 Å². The first-order chi connectivity index (χ1) is 16.7. The molecule has 2 N–H and O–H groups in total. The van der Waals surface area contributed by atoms with Crippen LogP contribution < -0.4 is 20.1 Å². The molecule has 5 heteroatoms. The lowest BCUT2D eigenvalue weighted by Crippen LogP contribution is -2.35. The van der Waals surface area contributed by atoms with Crippen molar-refractivity contribution < 1.29 is 14.3 Å². The highest BCUT2D eigenvalue weighted by molar-refractivity contribution is 6.05. The number of hydrogen-bond donors (Lipinski definition) is 2. The molecule has 3 aliphatic rings. The summed E-state index contributed by atoms with van der Waals surface area (Å²) in [6.07, 6.45) is 3.93. The summed E-state index contributed by atoms with van der Waals surface area (Å²) < 4.78 is 10.7. The molecule has 0 aromatic heterocycles. The molecule has 3 aromatic carbocycles. The average molecular weight is 455 g/mol. The van der Waals surface area contributed by atoms with E-state index in [1.54, 1.807) is 26.4 Å². The SMILES string of the molecule is COc1ccc(NC(=O)c2ccc3c(c2)[C@@H]2[C@H]4CC[C@@H](C4)[C@H]2[C@H](c2ccccc2)N3)cc1OC. The Morgan fingerprint density at radius 1 is 0.912 bits per heavy atom. The number of amides is 1. The van der Waals surface area contributed by atoms with E-state index >= 15 is 0 Å². The van der Waals surface area contributed by atoms with Gasteiger partial charge in [-0.25, -0.2) is 0 Å². The van der Waals surface area contributed by atoms with E-state index in [2.05, 4.69) is 53.1 Å². The Bertz CT molecular complexity index is 1230. The van der Waals surface area contributed by atoms with Gasteiger partial charge in [0.15, 0.2) is 11.5 Å². The van der Waals surface area contributed by atoms with E-state index in [1.165, 1.54) is 36.1 Å². The van der Waals surface area contributed by atoms with E-state index in [1.807, 2.05) is 12.1 Å². The van der Waals surface area contributed by atoms with Gasteiger partial charge in [-0.2, -0.15) is 0 Å². The van der Waals surface area contributed by atoms with Crippen LogP contribution in [0.5, 0.6) is 11.5 Å². The molecule has 2 saturated carbocycles. The van der Waals surface area contributed by atoms with E-state index in [0.717, 1.165) is 5.92 Å². The fourth-order valence-electron chi connectivity index (χ4n) is 6.73. The van der Waals surface area contributed by atoms with Crippen LogP contribution in [0.3, 0.4) is 0 Å². The molecule has 3 aromatic rings. The summed E-state index contributed by atoms with van der Waals surface area (Å²) in [5, 5.41) is 6.88. The second-order valence-electron chi connectivity index (χ2n) is 9.79. The maximum absolute atomic E-state index is 13.2. The average Bonchev–Trinajstić information content (AvgIpc) is 3.51. The van der Waals surface area contributed by atoms with Crippen molar-refractivity contribution >= 4 is 17.3 Å². The summed E-state index contributed by atoms with van der Waals surface area (Å²) in [6, 6.07) is 22.7. The minimum atomic E-state index is -0.111. The first kappa shape index (κ1) is 21.1. The molecule has 2 fully saturated rings. The molecule has 0 spiro atoms. The Balaban J connectivity index is 1.31. The zero-order valence-electron chi connectivity index (χ0n) is 19.6. The summed E-state index contributed by atoms with van der Waals surface area (Å²) in [4.78, 5) is 13.2. The van der Waals surface area contributed by atoms with Gasteiger partial charge in [-0.05, 0) is 84.4 Å². The predicted octanol–water partition coefficient (Wildman–Crippen LogP) is 6.25. The highest BCUT2D eigenvalue weighted by atomic mass is 16.5. The van der Waals surface area contributed by atoms with Crippen molar-refractivity contribution in [2.75, 3.05) is 24.9 Å². The molecule has 34 heavy (non-hydrogen) atoms. The molecule has 0 unspecified atom stereocenters. The topological polar surface area (TPSA) is 59.6 Å². The van der Waals surface area contributed by atoms with Crippen LogP contribution in [0.4, 0.5) is 11.4 Å². The van der Waals surface area contributed by atoms with Crippen LogP contribution in [0, 0.1) is 17.8 Å². The molecule has 2 aliphatic carbocycles. The Morgan fingerprint density at radius 2 is 1.71 bits per heavy atom. The van der Waals surface area contributed by atoms with Gasteiger partial charge >= 0.3 is 0 Å². The largest absolute Gasteiger partial charge is 0.493 e. The van der Waals surface area contributed by atoms with Crippen LogP contribution in [0.15, 0.2) is 66.7 Å². The van der Waals surface area contributed by atoms with Crippen LogP contribution >= 0.6 is 0 Å². The number of methoxy groups -OCH3 is 2. The minimum absolute atomic E-state index is 0.111. The van der Waals surface area contributed by atoms with E-state index in [0.29, 0.717) is 46.5 Å². The Kier molecular flexibility index (Phi) is 5.20. The molecule has 1 aliphatic heterocycles. The van der Waals surface area contributed by atoms with E-state index in [-0.39, 0.29) is 5.91 Å². The fourth-order valence-corrected chi connectivity index (χ4v) is 6.73. The van der Waals surface area contributed by atoms with Crippen molar-refractivity contribution in [3.05, 3.63) is 83.4 Å². The molecular formula is C29H30N2O3. The van der Waals surface area contributed by atoms with Crippen molar-refractivity contribution in [1.29, 1.82) is 0 Å². The number of rotatable bonds is 5. The smallest absolute Gasteiger partial charge is 0.255 e. The quantitative estimate of drug-likeness (QED) is 0.478. The number of ether oxygens (including phenoxy) is 2. The molecule has 0 radical (unpaired) electrons. The highest BCUT2D eigenvalue weighted by Crippen LogP contribution is 2.63. The second-order valence-corrected chi connectivity index (χ2v) is 9.79. The standard InChI is InChI=1S/C29H30N2O3/c1-33-24-13-11-21(16-25(24)34-2)30-29(32)20-10-12-23-22(15-20)26-18-8-9-19(14-18)27(26)28(31-23)17-6-4-3-5-7-17/h3-7,10-13,15-16,18-19,26-28,31H,8-9,14H2,1-2H3,(H,30,32)/t18-,19-,26-,27+,28-/m0/s1. The Hall–Kier alpha value is -3.47. The third-order valence-corrected chi connectivity index (χ3v) is 8.15. The first-order valence-corrected chi connectivity index (χ1v) is 12.1. The van der Waals surface area contributed by atoms with Gasteiger partial charge in [0.05, 0.1) is 20.3 Å². The zero-order chi connectivity index (χ0) is 23.2. The summed E-state index contributed by atoms with van der Waals surface area (Å²) in [7, 11) is 3.19. The molecule has 5 atom stereocenters. The minimum Gasteiger partial charge on any atom is -0.493 e. The molecule has 1 amide bonds. The third-order valence-electron chi connectivity index (χ3n) is 8.15. The van der Waals surface area contributed by atoms with Crippen LogP contribution in [0.1, 0.15) is 52.7 Å². The van der Waals surface area contributed by atoms with Gasteiger partial charge in [-0.15, -0.1) is 0 Å². The molecule has 0 saturated heterocycles. The molecule has 5 nitrogen and oxygen atoms in total. The van der Waals surface area contributed by atoms with Crippen molar-refractivity contribution in [2.45, 2.75) is 31.2 Å². The predicted molar refractivity (Wildman–Crippen MR) is 134 cm³/mol. The molecule has 6 rings (SSSR count). The van der Waals surface area contributed by atoms with Gasteiger partial charge in [0, 0.05) is 23.0 Å². The van der Waals surface area contributed by atoms with Gasteiger partial charge in [-0.3, -0.25) is 4.79 Å². The Morgan fingerprint density at radius 3 is 2.50 bits per heavy atom. The van der Waals surface area contributed by atoms with Gasteiger partial charge in [0.1, 0.15) is 0 Å². The number of nitrogens with one attached hydrogen (secondary N) is 2. The normalized spacial score (nSPS) is 26.2. The maximum Gasteiger partial charge on any atom is 0.255 e. The zero-order valence-corrected chi connectivity index (χ0v) is 19.6. The molecule has 1 heterocycles. The molecule has 2 bridgehead atoms. The van der Waals surface area contributed by atoms with Gasteiger partial charge < -0.3 is 20.1 Å². The van der Waals surface area contributed by atoms with Crippen LogP contribution in [0.25, 0.3) is 0 Å². The summed E-state index contributed by atoms with van der Waals surface area (Å²) in [5.74, 6) is 3.67. The molecular weight excluding hydrogens is 424 g/mol. The van der Waals surface area contributed by atoms with Crippen molar-refractivity contribution in [2.24, 2.45) is 17.8 Å². The summed E-state index contributed by atoms with van der Waals surface area (Å²) in [5.41, 5.74) is 5.22. The summed E-state index contributed by atoms with van der Waals surface area (Å²) >= 11 is 0. The highest BCUT2D eigenvalue weighted by Gasteiger charge is 2.53. The van der Waals surface area contributed by atoms with E-state index < -0.39 is 0 Å². The van der Waals surface area contributed by atoms with Crippen molar-refractivity contribution in [1.82, 2.24) is 0 Å². The third kappa shape index (κ3) is 3.42. The lowest BCUT2D eigenvalue weighted by molar-refractivity contribution is 0.102. The fraction of sp³-hybridized carbons (Fsp3) is 0.345. The first-order valence-electron chi connectivity index (χ1n) is 12.1. The number of anilines is 2. The van der Waals surface area contributed by atoms with Crippen molar-refractivity contribution in [3.63, 3.8) is 0 Å². The number of fused-ring (bicyclic) bond motifs is 7. The number of hydrogen-bond acceptors (Lipinski definition) is 4. The molecule has 174 valence electrons. The number of carbonyl (C=O) groups excluding carboxylic acids is 1. The monoisotopic (exact) mass is 454 g/mol. The number of benzene rings is 3. The second kappa shape index (κ2) is 8.39. The van der Waals surface area contributed by atoms with Gasteiger partial charge in [0.25, 0.3) is 5.91 Å². The van der Waals surface area contributed by atoms with Gasteiger partial charge in [-0.1, -0.05) is 30.3 Å². The van der Waals surface area contributed by atoms with E-state index in [9.17, 15) is 4.79 Å². The van der Waals surface area contributed by atoms with Crippen LogP contribution in [-0.4, -0.2) is 20.1 Å². The van der Waals surface area contributed by atoms with Crippen LogP contribution in [0.2, 0.25) is 0 Å². The Labute approximate surface area is 200 Å². The van der Waals surface area contributed by atoms with Crippen molar-refractivity contribution in [3.8, 4) is 11.5 Å².